The molecular formula is C21H19BrN2O3S. The summed E-state index contributed by atoms with van der Waals surface area (Å²) in [6, 6.07) is 18.6. The molecule has 0 saturated carbocycles. The van der Waals surface area contributed by atoms with E-state index in [9.17, 15) is 4.79 Å². The minimum atomic E-state index is -0.297. The lowest BCUT2D eigenvalue weighted by atomic mass is 10.2. The molecule has 2 N–H and O–H groups in total. The largest absolute Gasteiger partial charge is 0.494 e. The number of halogens is 1. The minimum Gasteiger partial charge on any atom is -0.494 e. The van der Waals surface area contributed by atoms with E-state index >= 15 is 0 Å². The van der Waals surface area contributed by atoms with E-state index in [0.717, 1.165) is 15.8 Å². The monoisotopic (exact) mass is 458 g/mol. The number of ether oxygens (including phenoxy) is 1. The fraction of sp³-hybridized carbons (Fsp3) is 0.143. The van der Waals surface area contributed by atoms with Crippen LogP contribution in [0.5, 0.6) is 5.75 Å². The molecule has 0 bridgehead atoms. The Bertz CT molecular complexity index is 970. The Hall–Kier alpha value is -2.64. The number of benzene rings is 2. The molecule has 144 valence electrons. The fourth-order valence-corrected chi connectivity index (χ4v) is 2.95. The van der Waals surface area contributed by atoms with E-state index in [-0.39, 0.29) is 11.0 Å². The van der Waals surface area contributed by atoms with E-state index in [4.69, 9.17) is 21.4 Å². The molecule has 0 aliphatic carbocycles. The number of carbonyl (C=O) groups excluding carboxylic acids is 1. The molecule has 0 saturated heterocycles. The van der Waals surface area contributed by atoms with Crippen LogP contribution in [0.15, 0.2) is 69.6 Å². The summed E-state index contributed by atoms with van der Waals surface area (Å²) in [6.45, 7) is 2.80. The first-order chi connectivity index (χ1) is 13.5. The van der Waals surface area contributed by atoms with Gasteiger partial charge in [-0.1, -0.05) is 34.1 Å². The highest BCUT2D eigenvalue weighted by Gasteiger charge is 2.10. The number of carbonyl (C=O) groups is 1. The highest BCUT2D eigenvalue weighted by atomic mass is 79.9. The second kappa shape index (κ2) is 9.52. The molecule has 3 aromatic rings. The zero-order valence-corrected chi connectivity index (χ0v) is 17.6. The molecule has 5 nitrogen and oxygen atoms in total. The van der Waals surface area contributed by atoms with Gasteiger partial charge < -0.3 is 14.5 Å². The van der Waals surface area contributed by atoms with Gasteiger partial charge in [-0.15, -0.1) is 0 Å². The molecule has 7 heteroatoms. The van der Waals surface area contributed by atoms with E-state index in [0.29, 0.717) is 30.2 Å². The second-order valence-corrected chi connectivity index (χ2v) is 7.19. The van der Waals surface area contributed by atoms with Crippen LogP contribution in [0, 0.1) is 0 Å². The van der Waals surface area contributed by atoms with Crippen molar-refractivity contribution in [1.82, 2.24) is 10.6 Å². The molecule has 3 rings (SSSR count). The van der Waals surface area contributed by atoms with Crippen molar-refractivity contribution in [3.8, 4) is 17.1 Å². The molecule has 1 heterocycles. The summed E-state index contributed by atoms with van der Waals surface area (Å²) in [4.78, 5) is 12.3. The standard InChI is InChI=1S/C21H19BrN2O3S/c1-2-26-17-5-3-4-15(12-17)20(25)24-21(28)23-13-18-10-11-19(27-18)14-6-8-16(22)9-7-14/h3-12H,2,13H2,1H3,(H2,23,24,25,28). The van der Waals surface area contributed by atoms with E-state index < -0.39 is 0 Å². The Morgan fingerprint density at radius 3 is 2.68 bits per heavy atom. The zero-order chi connectivity index (χ0) is 19.9. The van der Waals surface area contributed by atoms with Crippen molar-refractivity contribution in [2.75, 3.05) is 6.61 Å². The van der Waals surface area contributed by atoms with Crippen molar-refractivity contribution < 1.29 is 13.9 Å². The molecule has 2 aromatic carbocycles. The molecule has 0 aliphatic heterocycles. The zero-order valence-electron chi connectivity index (χ0n) is 15.2. The number of hydrogen-bond donors (Lipinski definition) is 2. The van der Waals surface area contributed by atoms with Crippen LogP contribution in [0.4, 0.5) is 0 Å². The number of thiocarbonyl (C=S) groups is 1. The Labute approximate surface area is 177 Å². The van der Waals surface area contributed by atoms with Crippen molar-refractivity contribution in [2.45, 2.75) is 13.5 Å². The summed E-state index contributed by atoms with van der Waals surface area (Å²) >= 11 is 8.62. The lowest BCUT2D eigenvalue weighted by Crippen LogP contribution is -2.38. The molecular weight excluding hydrogens is 440 g/mol. The summed E-state index contributed by atoms with van der Waals surface area (Å²) < 4.78 is 12.2. The average Bonchev–Trinajstić information content (AvgIpc) is 3.16. The lowest BCUT2D eigenvalue weighted by Gasteiger charge is -2.09. The molecule has 0 atom stereocenters. The Morgan fingerprint density at radius 2 is 1.93 bits per heavy atom. The summed E-state index contributed by atoms with van der Waals surface area (Å²) in [5.41, 5.74) is 1.46. The minimum absolute atomic E-state index is 0.230. The van der Waals surface area contributed by atoms with Gasteiger partial charge in [0, 0.05) is 15.6 Å². The third-order valence-electron chi connectivity index (χ3n) is 3.85. The lowest BCUT2D eigenvalue weighted by molar-refractivity contribution is 0.0976. The molecule has 28 heavy (non-hydrogen) atoms. The predicted octanol–water partition coefficient (Wildman–Crippen LogP) is 4.91. The van der Waals surface area contributed by atoms with Gasteiger partial charge in [-0.25, -0.2) is 0 Å². The molecule has 0 fully saturated rings. The predicted molar refractivity (Wildman–Crippen MR) is 116 cm³/mol. The summed E-state index contributed by atoms with van der Waals surface area (Å²) in [5, 5.41) is 5.87. The smallest absolute Gasteiger partial charge is 0.257 e. The Morgan fingerprint density at radius 1 is 1.14 bits per heavy atom. The van der Waals surface area contributed by atoms with Crippen LogP contribution >= 0.6 is 28.1 Å². The van der Waals surface area contributed by atoms with Gasteiger partial charge in [0.2, 0.25) is 0 Å². The third kappa shape index (κ3) is 5.43. The van der Waals surface area contributed by atoms with Crippen LogP contribution in [0.1, 0.15) is 23.0 Å². The molecule has 1 amide bonds. The maximum atomic E-state index is 12.3. The molecule has 1 aromatic heterocycles. The van der Waals surface area contributed by atoms with Gasteiger partial charge in [0.05, 0.1) is 13.2 Å². The van der Waals surface area contributed by atoms with Gasteiger partial charge in [0.15, 0.2) is 5.11 Å². The molecule has 0 aliphatic rings. The normalized spacial score (nSPS) is 10.4. The fourth-order valence-electron chi connectivity index (χ4n) is 2.52. The van der Waals surface area contributed by atoms with Gasteiger partial charge in [-0.3, -0.25) is 10.1 Å². The summed E-state index contributed by atoms with van der Waals surface area (Å²) in [5.74, 6) is 1.83. The maximum Gasteiger partial charge on any atom is 0.257 e. The summed E-state index contributed by atoms with van der Waals surface area (Å²) in [6.07, 6.45) is 0. The maximum absolute atomic E-state index is 12.3. The molecule has 0 unspecified atom stereocenters. The van der Waals surface area contributed by atoms with Crippen LogP contribution < -0.4 is 15.4 Å². The molecule has 0 radical (unpaired) electrons. The van der Waals surface area contributed by atoms with Crippen LogP contribution in [-0.4, -0.2) is 17.6 Å². The van der Waals surface area contributed by atoms with Crippen molar-refractivity contribution in [3.63, 3.8) is 0 Å². The highest BCUT2D eigenvalue weighted by molar-refractivity contribution is 9.10. The van der Waals surface area contributed by atoms with E-state index in [1.807, 2.05) is 43.3 Å². The van der Waals surface area contributed by atoms with Crippen molar-refractivity contribution >= 4 is 39.2 Å². The first kappa shape index (κ1) is 20.1. The van der Waals surface area contributed by atoms with Gasteiger partial charge in [-0.2, -0.15) is 0 Å². The van der Waals surface area contributed by atoms with E-state index in [1.54, 1.807) is 24.3 Å². The van der Waals surface area contributed by atoms with Crippen molar-refractivity contribution in [3.05, 3.63) is 76.5 Å². The SMILES string of the molecule is CCOc1cccc(C(=O)NC(=S)NCc2ccc(-c3ccc(Br)cc3)o2)c1. The van der Waals surface area contributed by atoms with Crippen molar-refractivity contribution in [1.29, 1.82) is 0 Å². The van der Waals surface area contributed by atoms with Crippen molar-refractivity contribution in [2.24, 2.45) is 0 Å². The number of furan rings is 1. The number of rotatable bonds is 6. The van der Waals surface area contributed by atoms with E-state index in [1.165, 1.54) is 0 Å². The van der Waals surface area contributed by atoms with Crippen LogP contribution in [0.3, 0.4) is 0 Å². The van der Waals surface area contributed by atoms with Crippen LogP contribution in [-0.2, 0) is 6.54 Å². The first-order valence-corrected chi connectivity index (χ1v) is 9.92. The Balaban J connectivity index is 1.54. The van der Waals surface area contributed by atoms with Gasteiger partial charge in [0.1, 0.15) is 17.3 Å². The first-order valence-electron chi connectivity index (χ1n) is 8.72. The highest BCUT2D eigenvalue weighted by Crippen LogP contribution is 2.23. The molecule has 0 spiro atoms. The number of nitrogens with one attached hydrogen (secondary N) is 2. The van der Waals surface area contributed by atoms with Crippen LogP contribution in [0.25, 0.3) is 11.3 Å². The van der Waals surface area contributed by atoms with Gasteiger partial charge in [-0.05, 0) is 61.6 Å². The number of amides is 1. The number of hydrogen-bond acceptors (Lipinski definition) is 4. The summed E-state index contributed by atoms with van der Waals surface area (Å²) in [7, 11) is 0. The third-order valence-corrected chi connectivity index (χ3v) is 4.62. The topological polar surface area (TPSA) is 63.5 Å². The van der Waals surface area contributed by atoms with Gasteiger partial charge >= 0.3 is 0 Å². The van der Waals surface area contributed by atoms with Gasteiger partial charge in [0.25, 0.3) is 5.91 Å². The quantitative estimate of drug-likeness (QED) is 0.513. The van der Waals surface area contributed by atoms with Crippen LogP contribution in [0.2, 0.25) is 0 Å². The Kier molecular flexibility index (Phi) is 6.84. The second-order valence-electron chi connectivity index (χ2n) is 5.87. The average molecular weight is 459 g/mol. The van der Waals surface area contributed by atoms with E-state index in [2.05, 4.69) is 26.6 Å².